The van der Waals surface area contributed by atoms with Crippen LogP contribution in [-0.4, -0.2) is 22.1 Å². The first-order valence-electron chi connectivity index (χ1n) is 6.37. The monoisotopic (exact) mass is 283 g/mol. The predicted octanol–water partition coefficient (Wildman–Crippen LogP) is 1.91. The first-order valence-corrected chi connectivity index (χ1v) is 6.37. The average Bonchev–Trinajstić information content (AvgIpc) is 2.53. The summed E-state index contributed by atoms with van der Waals surface area (Å²) in [5, 5.41) is 0.464. The van der Waals surface area contributed by atoms with Crippen LogP contribution in [0.2, 0.25) is 0 Å². The summed E-state index contributed by atoms with van der Waals surface area (Å²) >= 11 is 0. The summed E-state index contributed by atoms with van der Waals surface area (Å²) in [6, 6.07) is 10.6. The molecule has 0 aliphatic heterocycles. The van der Waals surface area contributed by atoms with Crippen molar-refractivity contribution in [1.29, 1.82) is 0 Å². The van der Waals surface area contributed by atoms with Crippen LogP contribution in [-0.2, 0) is 6.61 Å². The molecule has 2 heterocycles. The van der Waals surface area contributed by atoms with Crippen LogP contribution in [0.3, 0.4) is 0 Å². The van der Waals surface area contributed by atoms with Crippen LogP contribution in [0.15, 0.2) is 47.4 Å². The Hall–Kier alpha value is -2.89. The van der Waals surface area contributed by atoms with Gasteiger partial charge < -0.3 is 14.5 Å². The lowest BCUT2D eigenvalue weighted by Crippen LogP contribution is -2.14. The van der Waals surface area contributed by atoms with E-state index < -0.39 is 0 Å². The number of aromatic nitrogens is 3. The fraction of sp³-hybridized carbons (Fsp3) is 0.133. The number of aromatic amines is 1. The van der Waals surface area contributed by atoms with Gasteiger partial charge in [0.1, 0.15) is 23.9 Å². The summed E-state index contributed by atoms with van der Waals surface area (Å²) < 4.78 is 10.7. The van der Waals surface area contributed by atoms with Crippen LogP contribution in [0.4, 0.5) is 0 Å². The molecule has 1 aromatic carbocycles. The second-order valence-electron chi connectivity index (χ2n) is 4.35. The Morgan fingerprint density at radius 3 is 2.67 bits per heavy atom. The number of hydrogen-bond acceptors (Lipinski definition) is 5. The van der Waals surface area contributed by atoms with Gasteiger partial charge in [-0.25, -0.2) is 9.97 Å². The van der Waals surface area contributed by atoms with Gasteiger partial charge in [-0.15, -0.1) is 0 Å². The zero-order valence-electron chi connectivity index (χ0n) is 11.4. The molecule has 0 atom stereocenters. The first-order chi connectivity index (χ1) is 10.3. The Balaban J connectivity index is 1.80. The summed E-state index contributed by atoms with van der Waals surface area (Å²) in [4.78, 5) is 22.9. The molecule has 3 aromatic rings. The highest BCUT2D eigenvalue weighted by atomic mass is 16.5. The maximum Gasteiger partial charge on any atom is 0.260 e. The molecule has 21 heavy (non-hydrogen) atoms. The van der Waals surface area contributed by atoms with Crippen molar-refractivity contribution in [1.82, 2.24) is 15.0 Å². The standard InChI is InChI=1S/C15H13N3O3/c1-20-10-4-6-11(7-5-10)21-9-13-17-14-12(15(19)18-13)3-2-8-16-14/h2-8H,9H2,1H3,(H,16,17,18,19). The van der Waals surface area contributed by atoms with E-state index in [1.165, 1.54) is 0 Å². The number of nitrogens with one attached hydrogen (secondary N) is 1. The molecule has 0 spiro atoms. The lowest BCUT2D eigenvalue weighted by molar-refractivity contribution is 0.295. The molecule has 3 rings (SSSR count). The molecule has 0 amide bonds. The van der Waals surface area contributed by atoms with E-state index in [1.807, 2.05) is 0 Å². The van der Waals surface area contributed by atoms with Crippen molar-refractivity contribution < 1.29 is 9.47 Å². The molecular weight excluding hydrogens is 270 g/mol. The third-order valence-corrected chi connectivity index (χ3v) is 2.96. The zero-order valence-corrected chi connectivity index (χ0v) is 11.4. The molecule has 6 heteroatoms. The third-order valence-electron chi connectivity index (χ3n) is 2.96. The first kappa shape index (κ1) is 13.1. The predicted molar refractivity (Wildman–Crippen MR) is 77.5 cm³/mol. The highest BCUT2D eigenvalue weighted by molar-refractivity contribution is 5.72. The van der Waals surface area contributed by atoms with Crippen LogP contribution in [0, 0.1) is 0 Å². The van der Waals surface area contributed by atoms with E-state index in [9.17, 15) is 4.79 Å². The minimum absolute atomic E-state index is 0.161. The maximum atomic E-state index is 11.9. The highest BCUT2D eigenvalue weighted by Crippen LogP contribution is 2.17. The Morgan fingerprint density at radius 2 is 1.90 bits per heavy atom. The molecule has 0 fully saturated rings. The molecule has 0 radical (unpaired) electrons. The fourth-order valence-electron chi connectivity index (χ4n) is 1.91. The number of nitrogens with zero attached hydrogens (tertiary/aromatic N) is 2. The number of ether oxygens (including phenoxy) is 2. The minimum Gasteiger partial charge on any atom is -0.497 e. The van der Waals surface area contributed by atoms with E-state index in [4.69, 9.17) is 9.47 Å². The van der Waals surface area contributed by atoms with E-state index in [0.717, 1.165) is 5.75 Å². The topological polar surface area (TPSA) is 77.1 Å². The SMILES string of the molecule is COc1ccc(OCc2nc3ncccc3c(=O)[nH]2)cc1. The van der Waals surface area contributed by atoms with Crippen molar-refractivity contribution in [3.63, 3.8) is 0 Å². The number of rotatable bonds is 4. The maximum absolute atomic E-state index is 11.9. The summed E-state index contributed by atoms with van der Waals surface area (Å²) in [6.45, 7) is 0.161. The van der Waals surface area contributed by atoms with Crippen molar-refractivity contribution in [2.75, 3.05) is 7.11 Å². The van der Waals surface area contributed by atoms with Gasteiger partial charge in [-0.05, 0) is 36.4 Å². The molecule has 0 saturated heterocycles. The van der Waals surface area contributed by atoms with Crippen molar-refractivity contribution in [3.05, 3.63) is 58.8 Å². The molecule has 0 aliphatic rings. The lowest BCUT2D eigenvalue weighted by atomic mass is 10.3. The van der Waals surface area contributed by atoms with E-state index in [2.05, 4.69) is 15.0 Å². The zero-order chi connectivity index (χ0) is 14.7. The Morgan fingerprint density at radius 1 is 1.14 bits per heavy atom. The van der Waals surface area contributed by atoms with E-state index >= 15 is 0 Å². The smallest absolute Gasteiger partial charge is 0.260 e. The van der Waals surface area contributed by atoms with E-state index in [1.54, 1.807) is 49.7 Å². The van der Waals surface area contributed by atoms with Crippen LogP contribution in [0.25, 0.3) is 11.0 Å². The van der Waals surface area contributed by atoms with Crippen molar-refractivity contribution in [2.45, 2.75) is 6.61 Å². The minimum atomic E-state index is -0.221. The van der Waals surface area contributed by atoms with Gasteiger partial charge in [-0.2, -0.15) is 0 Å². The largest absolute Gasteiger partial charge is 0.497 e. The lowest BCUT2D eigenvalue weighted by Gasteiger charge is -2.07. The third kappa shape index (κ3) is 2.84. The van der Waals surface area contributed by atoms with Gasteiger partial charge in [0.2, 0.25) is 0 Å². The molecular formula is C15H13N3O3. The summed E-state index contributed by atoms with van der Waals surface area (Å²) in [5.74, 6) is 1.85. The van der Waals surface area contributed by atoms with Crippen molar-refractivity contribution >= 4 is 11.0 Å². The second kappa shape index (κ2) is 5.62. The highest BCUT2D eigenvalue weighted by Gasteiger charge is 2.05. The molecule has 2 aromatic heterocycles. The van der Waals surface area contributed by atoms with Crippen LogP contribution < -0.4 is 15.0 Å². The quantitative estimate of drug-likeness (QED) is 0.791. The number of methoxy groups -OCH3 is 1. The van der Waals surface area contributed by atoms with Gasteiger partial charge in [-0.3, -0.25) is 4.79 Å². The Kier molecular flexibility index (Phi) is 3.51. The van der Waals surface area contributed by atoms with Crippen LogP contribution >= 0.6 is 0 Å². The molecule has 0 saturated carbocycles. The van der Waals surface area contributed by atoms with Gasteiger partial charge in [-0.1, -0.05) is 0 Å². The summed E-state index contributed by atoms with van der Waals surface area (Å²) in [5.41, 5.74) is 0.191. The normalized spacial score (nSPS) is 10.5. The van der Waals surface area contributed by atoms with Crippen molar-refractivity contribution in [2.24, 2.45) is 0 Å². The number of fused-ring (bicyclic) bond motifs is 1. The molecule has 0 aliphatic carbocycles. The van der Waals surface area contributed by atoms with Crippen molar-refractivity contribution in [3.8, 4) is 11.5 Å². The number of hydrogen-bond donors (Lipinski definition) is 1. The average molecular weight is 283 g/mol. The molecule has 1 N–H and O–H groups in total. The van der Waals surface area contributed by atoms with Gasteiger partial charge in [0.05, 0.1) is 12.5 Å². The number of H-pyrrole nitrogens is 1. The number of benzene rings is 1. The number of pyridine rings is 1. The van der Waals surface area contributed by atoms with Crippen LogP contribution in [0.5, 0.6) is 11.5 Å². The summed E-state index contributed by atoms with van der Waals surface area (Å²) in [7, 11) is 1.60. The summed E-state index contributed by atoms with van der Waals surface area (Å²) in [6.07, 6.45) is 1.60. The van der Waals surface area contributed by atoms with Gasteiger partial charge >= 0.3 is 0 Å². The molecule has 0 bridgehead atoms. The van der Waals surface area contributed by atoms with Gasteiger partial charge in [0, 0.05) is 6.20 Å². The van der Waals surface area contributed by atoms with Crippen LogP contribution in [0.1, 0.15) is 5.82 Å². The molecule has 106 valence electrons. The molecule has 6 nitrogen and oxygen atoms in total. The Bertz CT molecular complexity index is 812. The van der Waals surface area contributed by atoms with Gasteiger partial charge in [0.15, 0.2) is 5.65 Å². The Labute approximate surface area is 120 Å². The molecule has 0 unspecified atom stereocenters. The van der Waals surface area contributed by atoms with E-state index in [0.29, 0.717) is 22.6 Å². The van der Waals surface area contributed by atoms with E-state index in [-0.39, 0.29) is 12.2 Å². The second-order valence-corrected chi connectivity index (χ2v) is 4.35. The van der Waals surface area contributed by atoms with Gasteiger partial charge in [0.25, 0.3) is 5.56 Å². The fourth-order valence-corrected chi connectivity index (χ4v) is 1.91.